The van der Waals surface area contributed by atoms with Crippen LogP contribution in [-0.4, -0.2) is 16.2 Å². The highest BCUT2D eigenvalue weighted by molar-refractivity contribution is 5.86. The smallest absolute Gasteiger partial charge is 0.314 e. The Morgan fingerprint density at radius 2 is 2.27 bits per heavy atom. The van der Waals surface area contributed by atoms with Crippen molar-refractivity contribution < 1.29 is 14.4 Å². The van der Waals surface area contributed by atoms with E-state index in [4.69, 9.17) is 9.63 Å². The van der Waals surface area contributed by atoms with Crippen molar-refractivity contribution in [3.63, 3.8) is 0 Å². The van der Waals surface area contributed by atoms with Gasteiger partial charge in [-0.05, 0) is 26.0 Å². The van der Waals surface area contributed by atoms with Crippen LogP contribution in [0.25, 0.3) is 10.9 Å². The van der Waals surface area contributed by atoms with E-state index < -0.39 is 11.9 Å². The topological polar surface area (TPSA) is 63.3 Å². The minimum absolute atomic E-state index is 0.418. The van der Waals surface area contributed by atoms with Crippen molar-refractivity contribution >= 4 is 16.9 Å². The Morgan fingerprint density at radius 1 is 1.53 bits per heavy atom. The maximum atomic E-state index is 10.8. The predicted octanol–water partition coefficient (Wildman–Crippen LogP) is 2.32. The first-order valence-electron chi connectivity index (χ1n) is 4.68. The summed E-state index contributed by atoms with van der Waals surface area (Å²) in [4.78, 5) is 10.8. The molecule has 1 heterocycles. The van der Waals surface area contributed by atoms with Gasteiger partial charge in [-0.15, -0.1) is 0 Å². The number of hydrogen-bond acceptors (Lipinski definition) is 3. The van der Waals surface area contributed by atoms with Gasteiger partial charge in [0.2, 0.25) is 0 Å². The lowest BCUT2D eigenvalue weighted by atomic mass is 10.0. The molecule has 0 aliphatic heterocycles. The molecule has 4 heteroatoms. The molecule has 1 atom stereocenters. The number of carboxylic acid groups (broad SMARTS) is 1. The van der Waals surface area contributed by atoms with Gasteiger partial charge in [0.25, 0.3) is 0 Å². The second-order valence-electron chi connectivity index (χ2n) is 3.63. The van der Waals surface area contributed by atoms with Crippen molar-refractivity contribution in [1.82, 2.24) is 5.16 Å². The zero-order valence-electron chi connectivity index (χ0n) is 8.52. The highest BCUT2D eigenvalue weighted by atomic mass is 16.5. The zero-order chi connectivity index (χ0) is 11.0. The first-order valence-corrected chi connectivity index (χ1v) is 4.68. The number of nitrogens with zero attached hydrogens (tertiary/aromatic N) is 1. The van der Waals surface area contributed by atoms with E-state index in [1.54, 1.807) is 6.92 Å². The summed E-state index contributed by atoms with van der Waals surface area (Å²) in [7, 11) is 0. The third kappa shape index (κ3) is 1.58. The van der Waals surface area contributed by atoms with Crippen molar-refractivity contribution in [1.29, 1.82) is 0 Å². The molecule has 1 aromatic heterocycles. The van der Waals surface area contributed by atoms with Gasteiger partial charge in [0.05, 0.1) is 0 Å². The van der Waals surface area contributed by atoms with Gasteiger partial charge < -0.3 is 9.63 Å². The molecule has 1 unspecified atom stereocenters. The molecule has 0 aliphatic rings. The van der Waals surface area contributed by atoms with Crippen molar-refractivity contribution in [3.8, 4) is 0 Å². The van der Waals surface area contributed by atoms with Crippen LogP contribution < -0.4 is 0 Å². The van der Waals surface area contributed by atoms with Crippen LogP contribution >= 0.6 is 0 Å². The molecular weight excluding hydrogens is 194 g/mol. The number of carboxylic acids is 1. The molecule has 1 N–H and O–H groups in total. The molecule has 0 spiro atoms. The van der Waals surface area contributed by atoms with Crippen LogP contribution in [0.1, 0.15) is 24.2 Å². The molecule has 78 valence electrons. The molecule has 0 radical (unpaired) electrons. The SMILES string of the molecule is Cc1ccc2noc(C(C)C(=O)O)c2c1. The van der Waals surface area contributed by atoms with Gasteiger partial charge in [0.1, 0.15) is 11.4 Å². The molecule has 0 bridgehead atoms. The summed E-state index contributed by atoms with van der Waals surface area (Å²) < 4.78 is 5.06. The second-order valence-corrected chi connectivity index (χ2v) is 3.63. The Morgan fingerprint density at radius 3 is 2.93 bits per heavy atom. The Kier molecular flexibility index (Phi) is 2.19. The van der Waals surface area contributed by atoms with Crippen molar-refractivity contribution in [2.24, 2.45) is 0 Å². The highest BCUT2D eigenvalue weighted by Gasteiger charge is 2.21. The third-order valence-electron chi connectivity index (χ3n) is 2.42. The quantitative estimate of drug-likeness (QED) is 0.817. The van der Waals surface area contributed by atoms with Crippen LogP contribution in [0.2, 0.25) is 0 Å². The standard InChI is InChI=1S/C11H11NO3/c1-6-3-4-9-8(5-6)10(15-12-9)7(2)11(13)14/h3-5,7H,1-2H3,(H,13,14). The average Bonchev–Trinajstić information content (AvgIpc) is 2.59. The Bertz CT molecular complexity index is 516. The van der Waals surface area contributed by atoms with Crippen molar-refractivity contribution in [2.45, 2.75) is 19.8 Å². The summed E-state index contributed by atoms with van der Waals surface area (Å²) in [6.07, 6.45) is 0. The Hall–Kier alpha value is -1.84. The number of rotatable bonds is 2. The van der Waals surface area contributed by atoms with E-state index in [9.17, 15) is 4.79 Å². The fourth-order valence-electron chi connectivity index (χ4n) is 1.50. The Balaban J connectivity index is 2.61. The summed E-state index contributed by atoms with van der Waals surface area (Å²) in [5.74, 6) is -1.16. The maximum absolute atomic E-state index is 10.8. The first kappa shape index (κ1) is 9.71. The van der Waals surface area contributed by atoms with Crippen LogP contribution in [0, 0.1) is 6.92 Å². The van der Waals surface area contributed by atoms with Gasteiger partial charge in [-0.25, -0.2) is 0 Å². The minimum atomic E-state index is -0.908. The van der Waals surface area contributed by atoms with E-state index in [1.165, 1.54) is 0 Å². The van der Waals surface area contributed by atoms with E-state index in [0.717, 1.165) is 10.9 Å². The molecular formula is C11H11NO3. The van der Waals surface area contributed by atoms with Crippen molar-refractivity contribution in [2.75, 3.05) is 0 Å². The van der Waals surface area contributed by atoms with Crippen LogP contribution in [0.4, 0.5) is 0 Å². The zero-order valence-corrected chi connectivity index (χ0v) is 8.52. The van der Waals surface area contributed by atoms with E-state index in [2.05, 4.69) is 5.16 Å². The Labute approximate surface area is 86.5 Å². The molecule has 0 saturated heterocycles. The molecule has 0 aliphatic carbocycles. The summed E-state index contributed by atoms with van der Waals surface area (Å²) >= 11 is 0. The highest BCUT2D eigenvalue weighted by Crippen LogP contribution is 2.26. The van der Waals surface area contributed by atoms with E-state index >= 15 is 0 Å². The number of benzene rings is 1. The number of aromatic nitrogens is 1. The van der Waals surface area contributed by atoms with Gasteiger partial charge >= 0.3 is 5.97 Å². The molecule has 15 heavy (non-hydrogen) atoms. The van der Waals surface area contributed by atoms with Gasteiger partial charge in [0.15, 0.2) is 5.76 Å². The van der Waals surface area contributed by atoms with Crippen molar-refractivity contribution in [3.05, 3.63) is 29.5 Å². The predicted molar refractivity (Wildman–Crippen MR) is 54.8 cm³/mol. The molecule has 0 fully saturated rings. The molecule has 0 amide bonds. The second kappa shape index (κ2) is 3.38. The van der Waals surface area contributed by atoms with Crippen LogP contribution in [0.5, 0.6) is 0 Å². The van der Waals surface area contributed by atoms with Gasteiger partial charge in [-0.2, -0.15) is 0 Å². The van der Waals surface area contributed by atoms with Crippen LogP contribution in [0.3, 0.4) is 0 Å². The minimum Gasteiger partial charge on any atom is -0.481 e. The van der Waals surface area contributed by atoms with Gasteiger partial charge in [0, 0.05) is 5.39 Å². The number of aliphatic carboxylic acids is 1. The van der Waals surface area contributed by atoms with E-state index in [0.29, 0.717) is 11.3 Å². The first-order chi connectivity index (χ1) is 7.09. The summed E-state index contributed by atoms with van der Waals surface area (Å²) in [5.41, 5.74) is 1.76. The molecule has 0 saturated carbocycles. The lowest BCUT2D eigenvalue weighted by Gasteiger charge is -2.01. The van der Waals surface area contributed by atoms with Crippen LogP contribution in [0.15, 0.2) is 22.7 Å². The molecule has 2 aromatic rings. The molecule has 4 nitrogen and oxygen atoms in total. The molecule has 2 rings (SSSR count). The number of fused-ring (bicyclic) bond motifs is 1. The summed E-state index contributed by atoms with van der Waals surface area (Å²) in [6, 6.07) is 5.63. The average molecular weight is 205 g/mol. The lowest BCUT2D eigenvalue weighted by molar-refractivity contribution is -0.138. The number of aryl methyl sites for hydroxylation is 1. The fourth-order valence-corrected chi connectivity index (χ4v) is 1.50. The van der Waals surface area contributed by atoms with Gasteiger partial charge in [-0.1, -0.05) is 16.8 Å². The monoisotopic (exact) mass is 205 g/mol. The fraction of sp³-hybridized carbons (Fsp3) is 0.273. The largest absolute Gasteiger partial charge is 0.481 e. The normalized spacial score (nSPS) is 12.9. The van der Waals surface area contributed by atoms with E-state index in [1.807, 2.05) is 25.1 Å². The van der Waals surface area contributed by atoms with Crippen LogP contribution in [-0.2, 0) is 4.79 Å². The molecule has 1 aromatic carbocycles. The number of hydrogen-bond donors (Lipinski definition) is 1. The van der Waals surface area contributed by atoms with E-state index in [-0.39, 0.29) is 0 Å². The number of carbonyl (C=O) groups is 1. The summed E-state index contributed by atoms with van der Waals surface area (Å²) in [5, 5.41) is 13.5. The lowest BCUT2D eigenvalue weighted by Crippen LogP contribution is -2.06. The third-order valence-corrected chi connectivity index (χ3v) is 2.42. The maximum Gasteiger partial charge on any atom is 0.314 e. The summed E-state index contributed by atoms with van der Waals surface area (Å²) in [6.45, 7) is 3.53. The van der Waals surface area contributed by atoms with Gasteiger partial charge in [-0.3, -0.25) is 4.79 Å².